The largest absolute Gasteiger partial charge is 0.573 e. The van der Waals surface area contributed by atoms with Crippen LogP contribution in [-0.4, -0.2) is 6.36 Å². The normalized spacial score (nSPS) is 11.9. The lowest BCUT2D eigenvalue weighted by atomic mass is 9.98. The maximum atomic E-state index is 15.1. The molecule has 0 amide bonds. The van der Waals surface area contributed by atoms with E-state index >= 15 is 13.2 Å². The van der Waals surface area contributed by atoms with Crippen molar-refractivity contribution in [3.05, 3.63) is 131 Å². The fraction of sp³-hybridized carbons (Fsp3) is 0.189. The first-order chi connectivity index (χ1) is 23.1. The molecule has 0 unspecified atom stereocenters. The van der Waals surface area contributed by atoms with Crippen LogP contribution < -0.4 is 9.47 Å². The number of hydrogen-bond acceptors (Lipinski definition) is 2. The highest BCUT2D eigenvalue weighted by molar-refractivity contribution is 5.73. The molecule has 0 radical (unpaired) electrons. The Morgan fingerprint density at radius 2 is 1.06 bits per heavy atom. The van der Waals surface area contributed by atoms with Crippen LogP contribution in [0.15, 0.2) is 91.0 Å². The average molecular weight is 693 g/mol. The van der Waals surface area contributed by atoms with Crippen LogP contribution in [-0.2, 0) is 12.5 Å². The van der Waals surface area contributed by atoms with Crippen molar-refractivity contribution in [3.63, 3.8) is 0 Å². The minimum atomic E-state index is -4.97. The van der Waals surface area contributed by atoms with Crippen molar-refractivity contribution in [2.75, 3.05) is 0 Å². The van der Waals surface area contributed by atoms with E-state index in [0.717, 1.165) is 91.9 Å². The Morgan fingerprint density at radius 3 is 1.61 bits per heavy atom. The molecule has 0 aromatic heterocycles. The molecule has 0 aliphatic rings. The van der Waals surface area contributed by atoms with Gasteiger partial charge in [0.2, 0.25) is 0 Å². The van der Waals surface area contributed by atoms with Crippen LogP contribution in [0.4, 0.5) is 43.9 Å². The van der Waals surface area contributed by atoms with E-state index < -0.39 is 69.7 Å². The van der Waals surface area contributed by atoms with Crippen molar-refractivity contribution in [2.45, 2.75) is 45.1 Å². The highest BCUT2D eigenvalue weighted by atomic mass is 19.4. The summed E-state index contributed by atoms with van der Waals surface area (Å²) < 4.78 is 151. The molecule has 5 rings (SSSR count). The Bertz CT molecular complexity index is 1890. The molecule has 0 N–H and O–H groups in total. The van der Waals surface area contributed by atoms with Gasteiger partial charge in [0.25, 0.3) is 0 Å². The molecule has 0 saturated carbocycles. The minimum absolute atomic E-state index is 0.0167. The van der Waals surface area contributed by atoms with Crippen molar-refractivity contribution in [1.82, 2.24) is 0 Å². The van der Waals surface area contributed by atoms with Crippen LogP contribution in [0, 0.1) is 29.1 Å². The van der Waals surface area contributed by atoms with E-state index in [9.17, 15) is 30.7 Å². The Morgan fingerprint density at radius 1 is 0.510 bits per heavy atom. The summed E-state index contributed by atoms with van der Waals surface area (Å²) in [5.41, 5.74) is -1.83. The molecular weight excluding hydrogens is 666 g/mol. The van der Waals surface area contributed by atoms with Crippen molar-refractivity contribution >= 4 is 0 Å². The minimum Gasteiger partial charge on any atom is -0.429 e. The van der Waals surface area contributed by atoms with Gasteiger partial charge < -0.3 is 9.47 Å². The second-order valence-electron chi connectivity index (χ2n) is 11.1. The fourth-order valence-electron chi connectivity index (χ4n) is 5.28. The van der Waals surface area contributed by atoms with E-state index in [4.69, 9.17) is 0 Å². The summed E-state index contributed by atoms with van der Waals surface area (Å²) in [5.74, 6) is -8.33. The number of benzene rings is 5. The van der Waals surface area contributed by atoms with Gasteiger partial charge in [0.1, 0.15) is 46.1 Å². The molecule has 256 valence electrons. The second-order valence-corrected chi connectivity index (χ2v) is 11.1. The first-order valence-corrected chi connectivity index (χ1v) is 15.0. The Labute approximate surface area is 274 Å². The van der Waals surface area contributed by atoms with E-state index in [1.54, 1.807) is 24.3 Å². The lowest BCUT2D eigenvalue weighted by molar-refractivity contribution is -0.274. The van der Waals surface area contributed by atoms with Gasteiger partial charge in [-0.3, -0.25) is 0 Å². The molecule has 0 aliphatic heterocycles. The highest BCUT2D eigenvalue weighted by Crippen LogP contribution is 2.39. The zero-order chi connectivity index (χ0) is 35.5. The van der Waals surface area contributed by atoms with E-state index in [2.05, 4.69) is 16.4 Å². The third-order valence-corrected chi connectivity index (χ3v) is 7.61. The average Bonchev–Trinajstić information content (AvgIpc) is 3.00. The molecular formula is C37H26F10O2. The van der Waals surface area contributed by atoms with Gasteiger partial charge in [0, 0.05) is 11.6 Å². The maximum Gasteiger partial charge on any atom is 0.573 e. The molecule has 0 fully saturated rings. The van der Waals surface area contributed by atoms with Crippen LogP contribution in [0.3, 0.4) is 0 Å². The maximum absolute atomic E-state index is 15.1. The third-order valence-electron chi connectivity index (χ3n) is 7.61. The van der Waals surface area contributed by atoms with E-state index in [1.165, 1.54) is 0 Å². The highest BCUT2D eigenvalue weighted by Gasteiger charge is 2.41. The number of alkyl halides is 5. The lowest BCUT2D eigenvalue weighted by Crippen LogP contribution is -2.25. The molecule has 0 aliphatic carbocycles. The second kappa shape index (κ2) is 14.2. The summed E-state index contributed by atoms with van der Waals surface area (Å²) in [6, 6.07) is 15.6. The summed E-state index contributed by atoms with van der Waals surface area (Å²) in [7, 11) is 0. The SMILES string of the molecule is CCCCCc1ccc(-c2cc(F)c(C(F)(F)Oc3ccc(-c4cc(F)c(-c5ccc(OC(F)(F)F)cc5)c(F)c4)c(F)c3)c(F)c2)cc1. The molecule has 0 heterocycles. The van der Waals surface area contributed by atoms with Gasteiger partial charge in [0.05, 0.1) is 5.56 Å². The first kappa shape index (κ1) is 35.3. The van der Waals surface area contributed by atoms with Gasteiger partial charge in [-0.1, -0.05) is 56.2 Å². The molecule has 0 spiro atoms. The van der Waals surface area contributed by atoms with Crippen LogP contribution in [0.25, 0.3) is 33.4 Å². The summed E-state index contributed by atoms with van der Waals surface area (Å²) in [5, 5.41) is 0. The predicted octanol–water partition coefficient (Wildman–Crippen LogP) is 12.1. The van der Waals surface area contributed by atoms with Crippen molar-refractivity contribution < 1.29 is 53.4 Å². The zero-order valence-electron chi connectivity index (χ0n) is 25.6. The molecule has 12 heteroatoms. The zero-order valence-corrected chi connectivity index (χ0v) is 25.6. The number of ether oxygens (including phenoxy) is 2. The number of aryl methyl sites for hydroxylation is 1. The van der Waals surface area contributed by atoms with Crippen LogP contribution in [0.5, 0.6) is 11.5 Å². The first-order valence-electron chi connectivity index (χ1n) is 15.0. The molecule has 0 atom stereocenters. The number of rotatable bonds is 11. The van der Waals surface area contributed by atoms with E-state index in [-0.39, 0.29) is 16.7 Å². The van der Waals surface area contributed by atoms with Crippen molar-refractivity contribution in [3.8, 4) is 44.9 Å². The van der Waals surface area contributed by atoms with Gasteiger partial charge in [-0.05, 0) is 89.2 Å². The van der Waals surface area contributed by atoms with Crippen LogP contribution >= 0.6 is 0 Å². The predicted molar refractivity (Wildman–Crippen MR) is 163 cm³/mol. The monoisotopic (exact) mass is 692 g/mol. The Kier molecular flexibility index (Phi) is 10.3. The summed E-state index contributed by atoms with van der Waals surface area (Å²) in [4.78, 5) is 0. The summed E-state index contributed by atoms with van der Waals surface area (Å²) in [6.45, 7) is 2.07. The molecule has 49 heavy (non-hydrogen) atoms. The van der Waals surface area contributed by atoms with Gasteiger partial charge in [-0.2, -0.15) is 8.78 Å². The van der Waals surface area contributed by atoms with Gasteiger partial charge in [-0.25, -0.2) is 22.0 Å². The van der Waals surface area contributed by atoms with Crippen molar-refractivity contribution in [2.24, 2.45) is 0 Å². The summed E-state index contributed by atoms with van der Waals surface area (Å²) in [6.07, 6.45) is -5.66. The number of hydrogen-bond donors (Lipinski definition) is 0. The fourth-order valence-corrected chi connectivity index (χ4v) is 5.28. The van der Waals surface area contributed by atoms with E-state index in [0.29, 0.717) is 11.6 Å². The van der Waals surface area contributed by atoms with Gasteiger partial charge in [0.15, 0.2) is 0 Å². The molecule has 2 nitrogen and oxygen atoms in total. The van der Waals surface area contributed by atoms with Gasteiger partial charge >= 0.3 is 12.5 Å². The standard InChI is InChI=1S/C37H26F10O2/c1-2-3-4-5-21-6-8-22(9-7-21)24-16-32(41)35(33(42)17-24)36(43,44)48-27-14-15-28(29(38)20-27)25-18-30(39)34(31(40)19-25)23-10-12-26(13-11-23)49-37(45,46)47/h6-20H,2-5H2,1H3. The molecule has 0 bridgehead atoms. The van der Waals surface area contributed by atoms with Gasteiger partial charge in [-0.15, -0.1) is 13.2 Å². The number of halogens is 10. The quantitative estimate of drug-likeness (QED) is 0.101. The topological polar surface area (TPSA) is 18.5 Å². The van der Waals surface area contributed by atoms with Crippen LogP contribution in [0.1, 0.15) is 37.3 Å². The van der Waals surface area contributed by atoms with E-state index in [1.807, 2.05) is 0 Å². The molecule has 5 aromatic carbocycles. The lowest BCUT2D eigenvalue weighted by Gasteiger charge is -2.20. The summed E-state index contributed by atoms with van der Waals surface area (Å²) >= 11 is 0. The number of unbranched alkanes of at least 4 members (excludes halogenated alkanes) is 2. The van der Waals surface area contributed by atoms with Crippen molar-refractivity contribution in [1.29, 1.82) is 0 Å². The molecule has 5 aromatic rings. The Balaban J connectivity index is 1.34. The third kappa shape index (κ3) is 8.36. The molecule has 0 saturated heterocycles. The Hall–Kier alpha value is -5.00. The van der Waals surface area contributed by atoms with Crippen LogP contribution in [0.2, 0.25) is 0 Å². The smallest absolute Gasteiger partial charge is 0.429 e.